The molecule has 32 heavy (non-hydrogen) atoms. The van der Waals surface area contributed by atoms with E-state index in [1.54, 1.807) is 32.4 Å². The molecule has 0 bridgehead atoms. The summed E-state index contributed by atoms with van der Waals surface area (Å²) in [5.74, 6) is -0.0675. The van der Waals surface area contributed by atoms with Gasteiger partial charge in [-0.1, -0.05) is 11.3 Å². The van der Waals surface area contributed by atoms with Gasteiger partial charge < -0.3 is 24.7 Å². The normalized spacial score (nSPS) is 11.8. The lowest BCUT2D eigenvalue weighted by atomic mass is 10.2. The van der Waals surface area contributed by atoms with Gasteiger partial charge in [0.1, 0.15) is 5.75 Å². The van der Waals surface area contributed by atoms with Crippen LogP contribution in [0.15, 0.2) is 36.4 Å². The molecule has 0 saturated carbocycles. The zero-order valence-corrected chi connectivity index (χ0v) is 17.8. The molecule has 0 unspecified atom stereocenters. The average molecular weight is 465 g/mol. The number of fused-ring (bicyclic) bond motifs is 2. The fourth-order valence-corrected chi connectivity index (χ4v) is 4.06. The Balaban J connectivity index is 1.68. The van der Waals surface area contributed by atoms with E-state index >= 15 is 0 Å². The van der Waals surface area contributed by atoms with Crippen molar-refractivity contribution in [1.82, 2.24) is 19.9 Å². The van der Waals surface area contributed by atoms with Gasteiger partial charge in [0.2, 0.25) is 5.95 Å². The lowest BCUT2D eigenvalue weighted by Crippen LogP contribution is -2.17. The molecule has 2 aromatic carbocycles. The number of nitrogens with zero attached hydrogens (tertiary/aromatic N) is 3. The standard InChI is InChI=1S/C20H18F3N5O3S/c1-24-17(29)11-3-6-15-14(9-11)25-18(28(15)7-8-30-2)27-19-26-13-5-4-12(10-16(13)32-19)31-20(21,22)23/h3-6,9-10H,7-8H2,1-2H3,(H,24,29)(H,25,26,27). The second-order valence-electron chi connectivity index (χ2n) is 6.68. The Hall–Kier alpha value is -3.38. The summed E-state index contributed by atoms with van der Waals surface area (Å²) in [5.41, 5.74) is 2.39. The van der Waals surface area contributed by atoms with Crippen LogP contribution in [0.5, 0.6) is 5.75 Å². The molecule has 0 atom stereocenters. The van der Waals surface area contributed by atoms with Crippen molar-refractivity contribution in [3.8, 4) is 5.75 Å². The van der Waals surface area contributed by atoms with Crippen LogP contribution >= 0.6 is 11.3 Å². The monoisotopic (exact) mass is 465 g/mol. The van der Waals surface area contributed by atoms with Gasteiger partial charge in [0.05, 0.1) is 27.9 Å². The molecule has 0 saturated heterocycles. The third-order valence-corrected chi connectivity index (χ3v) is 5.50. The number of ether oxygens (including phenoxy) is 2. The molecule has 4 aromatic rings. The predicted octanol–water partition coefficient (Wildman–Crippen LogP) is 4.29. The highest BCUT2D eigenvalue weighted by Gasteiger charge is 2.31. The second kappa shape index (κ2) is 8.63. The van der Waals surface area contributed by atoms with Gasteiger partial charge in [0.15, 0.2) is 5.13 Å². The number of anilines is 2. The van der Waals surface area contributed by atoms with Gasteiger partial charge in [-0.2, -0.15) is 0 Å². The molecule has 0 aliphatic heterocycles. The van der Waals surface area contributed by atoms with E-state index < -0.39 is 6.36 Å². The van der Waals surface area contributed by atoms with Crippen LogP contribution in [-0.4, -0.2) is 47.6 Å². The number of alkyl halides is 3. The number of amides is 1. The fourth-order valence-electron chi connectivity index (χ4n) is 3.17. The van der Waals surface area contributed by atoms with Crippen molar-refractivity contribution in [3.05, 3.63) is 42.0 Å². The van der Waals surface area contributed by atoms with Crippen molar-refractivity contribution >= 4 is 49.6 Å². The Morgan fingerprint density at radius 3 is 2.69 bits per heavy atom. The first kappa shape index (κ1) is 21.8. The average Bonchev–Trinajstić information content (AvgIpc) is 3.29. The third kappa shape index (κ3) is 4.60. The first-order chi connectivity index (χ1) is 15.3. The Labute approximate surface area is 184 Å². The van der Waals surface area contributed by atoms with E-state index in [0.29, 0.717) is 45.5 Å². The van der Waals surface area contributed by atoms with Gasteiger partial charge in [-0.3, -0.25) is 4.79 Å². The van der Waals surface area contributed by atoms with Crippen molar-refractivity contribution in [3.63, 3.8) is 0 Å². The van der Waals surface area contributed by atoms with Gasteiger partial charge in [-0.05, 0) is 30.3 Å². The lowest BCUT2D eigenvalue weighted by molar-refractivity contribution is -0.274. The summed E-state index contributed by atoms with van der Waals surface area (Å²) in [4.78, 5) is 21.0. The number of carbonyl (C=O) groups excluding carboxylic acids is 1. The van der Waals surface area contributed by atoms with Gasteiger partial charge >= 0.3 is 6.36 Å². The minimum Gasteiger partial charge on any atom is -0.406 e. The number of benzene rings is 2. The van der Waals surface area contributed by atoms with E-state index in [9.17, 15) is 18.0 Å². The zero-order valence-electron chi connectivity index (χ0n) is 17.0. The quantitative estimate of drug-likeness (QED) is 0.423. The predicted molar refractivity (Wildman–Crippen MR) is 115 cm³/mol. The van der Waals surface area contributed by atoms with Gasteiger partial charge in [0, 0.05) is 32.3 Å². The number of imidazole rings is 1. The summed E-state index contributed by atoms with van der Waals surface area (Å²) < 4.78 is 49.0. The first-order valence-corrected chi connectivity index (χ1v) is 10.2. The molecule has 12 heteroatoms. The minimum atomic E-state index is -4.76. The molecule has 0 radical (unpaired) electrons. The molecule has 4 rings (SSSR count). The maximum Gasteiger partial charge on any atom is 0.573 e. The van der Waals surface area contributed by atoms with E-state index in [4.69, 9.17) is 4.74 Å². The zero-order chi connectivity index (χ0) is 22.9. The number of hydrogen-bond donors (Lipinski definition) is 2. The van der Waals surface area contributed by atoms with Crippen LogP contribution in [0, 0.1) is 0 Å². The fraction of sp³-hybridized carbons (Fsp3) is 0.250. The molecular formula is C20H18F3N5O3S. The van der Waals surface area contributed by atoms with E-state index in [0.717, 1.165) is 5.52 Å². The summed E-state index contributed by atoms with van der Waals surface area (Å²) >= 11 is 1.17. The van der Waals surface area contributed by atoms with Crippen LogP contribution in [0.25, 0.3) is 21.3 Å². The smallest absolute Gasteiger partial charge is 0.406 e. The van der Waals surface area contributed by atoms with E-state index in [1.165, 1.54) is 29.5 Å². The largest absolute Gasteiger partial charge is 0.573 e. The van der Waals surface area contributed by atoms with Gasteiger partial charge in [0.25, 0.3) is 5.91 Å². The summed E-state index contributed by atoms with van der Waals surface area (Å²) in [6.45, 7) is 0.915. The lowest BCUT2D eigenvalue weighted by Gasteiger charge is -2.08. The number of halogens is 3. The molecule has 1 amide bonds. The van der Waals surface area contributed by atoms with Crippen molar-refractivity contribution in [2.75, 3.05) is 26.1 Å². The topological polar surface area (TPSA) is 90.3 Å². The Morgan fingerprint density at radius 2 is 1.97 bits per heavy atom. The molecule has 8 nitrogen and oxygen atoms in total. The highest BCUT2D eigenvalue weighted by atomic mass is 32.1. The molecule has 2 heterocycles. The Bertz CT molecular complexity index is 1280. The summed E-state index contributed by atoms with van der Waals surface area (Å²) in [5, 5.41) is 6.16. The number of nitrogens with one attached hydrogen (secondary N) is 2. The van der Waals surface area contributed by atoms with Crippen molar-refractivity contribution in [2.45, 2.75) is 12.9 Å². The maximum atomic E-state index is 12.5. The van der Waals surface area contributed by atoms with Gasteiger partial charge in [-0.15, -0.1) is 13.2 Å². The van der Waals surface area contributed by atoms with Crippen molar-refractivity contribution in [1.29, 1.82) is 0 Å². The molecule has 2 aromatic heterocycles. The number of hydrogen-bond acceptors (Lipinski definition) is 7. The number of rotatable bonds is 7. The molecular weight excluding hydrogens is 447 g/mol. The first-order valence-electron chi connectivity index (χ1n) is 9.42. The van der Waals surface area contributed by atoms with E-state index in [1.807, 2.05) is 4.57 Å². The summed E-state index contributed by atoms with van der Waals surface area (Å²) in [6, 6.07) is 9.15. The Kier molecular flexibility index (Phi) is 5.89. The molecule has 0 aliphatic rings. The number of methoxy groups -OCH3 is 1. The minimum absolute atomic E-state index is 0.226. The Morgan fingerprint density at radius 1 is 1.16 bits per heavy atom. The summed E-state index contributed by atoms with van der Waals surface area (Å²) in [7, 11) is 3.14. The van der Waals surface area contributed by atoms with Crippen LogP contribution in [0.3, 0.4) is 0 Å². The maximum absolute atomic E-state index is 12.5. The third-order valence-electron chi connectivity index (χ3n) is 4.57. The SMILES string of the molecule is CNC(=O)c1ccc2c(c1)nc(Nc1nc3ccc(OC(F)(F)F)cc3s1)n2CCOC. The van der Waals surface area contributed by atoms with Crippen LogP contribution < -0.4 is 15.4 Å². The highest BCUT2D eigenvalue weighted by molar-refractivity contribution is 7.22. The van der Waals surface area contributed by atoms with E-state index in [-0.39, 0.29) is 11.7 Å². The highest BCUT2D eigenvalue weighted by Crippen LogP contribution is 2.33. The van der Waals surface area contributed by atoms with Crippen LogP contribution in [0.2, 0.25) is 0 Å². The van der Waals surface area contributed by atoms with Crippen LogP contribution in [-0.2, 0) is 11.3 Å². The van der Waals surface area contributed by atoms with Crippen molar-refractivity contribution < 1.29 is 27.4 Å². The van der Waals surface area contributed by atoms with Crippen LogP contribution in [0.4, 0.5) is 24.3 Å². The molecule has 168 valence electrons. The number of aromatic nitrogens is 3. The van der Waals surface area contributed by atoms with Gasteiger partial charge in [-0.25, -0.2) is 9.97 Å². The second-order valence-corrected chi connectivity index (χ2v) is 7.71. The molecule has 0 spiro atoms. The molecule has 0 aliphatic carbocycles. The van der Waals surface area contributed by atoms with E-state index in [2.05, 4.69) is 25.3 Å². The number of thiazole rings is 1. The summed E-state index contributed by atoms with van der Waals surface area (Å²) in [6.07, 6.45) is -4.76. The van der Waals surface area contributed by atoms with Crippen LogP contribution in [0.1, 0.15) is 10.4 Å². The number of carbonyl (C=O) groups is 1. The molecule has 2 N–H and O–H groups in total. The molecule has 0 fully saturated rings. The van der Waals surface area contributed by atoms with Crippen molar-refractivity contribution in [2.24, 2.45) is 0 Å².